The number of carbonyl (C=O) groups is 1. The minimum absolute atomic E-state index is 0. The largest absolute Gasteiger partial charge is 0.451 e. The van der Waals surface area contributed by atoms with Crippen molar-refractivity contribution in [3.8, 4) is 0 Å². The molecule has 1 amide bonds. The fraction of sp³-hybridized carbons (Fsp3) is 0.471. The van der Waals surface area contributed by atoms with Gasteiger partial charge in [0.2, 0.25) is 0 Å². The van der Waals surface area contributed by atoms with Crippen LogP contribution in [0.1, 0.15) is 35.9 Å². The summed E-state index contributed by atoms with van der Waals surface area (Å²) in [6.07, 6.45) is 1.96. The summed E-state index contributed by atoms with van der Waals surface area (Å²) < 4.78 is 6.86. The van der Waals surface area contributed by atoms with Gasteiger partial charge in [-0.05, 0) is 44.5 Å². The standard InChI is InChI=1S/C17H21BrN2O2.ClH/c1-3-8-20(13-6-7-19-10-13)17(21)16-11(2)14-9-12(18)4-5-15(14)22-16;/h4-5,9,13,19H,3,6-8,10H2,1-2H3;1H. The second-order valence-corrected chi connectivity index (χ2v) is 6.76. The van der Waals surface area contributed by atoms with Gasteiger partial charge in [-0.3, -0.25) is 4.79 Å². The Hall–Kier alpha value is -1.04. The van der Waals surface area contributed by atoms with Gasteiger partial charge in [-0.1, -0.05) is 22.9 Å². The highest BCUT2D eigenvalue weighted by Gasteiger charge is 2.30. The van der Waals surface area contributed by atoms with E-state index in [0.29, 0.717) is 5.76 Å². The molecule has 1 aromatic carbocycles. The molecule has 1 atom stereocenters. The Labute approximate surface area is 151 Å². The SMILES string of the molecule is CCCN(C(=O)c1oc2ccc(Br)cc2c1C)C1CCNC1.Cl. The molecule has 2 aromatic rings. The molecule has 0 radical (unpaired) electrons. The Kier molecular flexibility index (Phi) is 6.12. The van der Waals surface area contributed by atoms with Crippen LogP contribution < -0.4 is 5.32 Å². The number of hydrogen-bond donors (Lipinski definition) is 1. The van der Waals surface area contributed by atoms with Gasteiger partial charge in [0.1, 0.15) is 5.58 Å². The molecule has 1 aliphatic rings. The second-order valence-electron chi connectivity index (χ2n) is 5.84. The number of halogens is 2. The van der Waals surface area contributed by atoms with Crippen molar-refractivity contribution in [1.82, 2.24) is 10.2 Å². The van der Waals surface area contributed by atoms with Gasteiger partial charge in [0, 0.05) is 34.6 Å². The fourth-order valence-corrected chi connectivity index (χ4v) is 3.48. The molecule has 0 spiro atoms. The van der Waals surface area contributed by atoms with Crippen molar-refractivity contribution < 1.29 is 9.21 Å². The van der Waals surface area contributed by atoms with Crippen molar-refractivity contribution >= 4 is 45.2 Å². The average molecular weight is 402 g/mol. The summed E-state index contributed by atoms with van der Waals surface area (Å²) >= 11 is 3.48. The zero-order valence-corrected chi connectivity index (χ0v) is 15.8. The third kappa shape index (κ3) is 3.57. The van der Waals surface area contributed by atoms with E-state index in [2.05, 4.69) is 28.2 Å². The number of aryl methyl sites for hydroxylation is 1. The molecule has 1 N–H and O–H groups in total. The number of carbonyl (C=O) groups excluding carboxylic acids is 1. The van der Waals surface area contributed by atoms with Crippen LogP contribution in [-0.4, -0.2) is 36.5 Å². The maximum Gasteiger partial charge on any atom is 0.290 e. The molecule has 0 bridgehead atoms. The van der Waals surface area contributed by atoms with E-state index in [-0.39, 0.29) is 24.4 Å². The minimum atomic E-state index is 0. The first-order valence-corrected chi connectivity index (χ1v) is 8.61. The number of furan rings is 1. The van der Waals surface area contributed by atoms with Crippen LogP contribution in [-0.2, 0) is 0 Å². The third-order valence-electron chi connectivity index (χ3n) is 4.29. The molecule has 0 aliphatic carbocycles. The van der Waals surface area contributed by atoms with Crippen LogP contribution in [0, 0.1) is 6.92 Å². The van der Waals surface area contributed by atoms with Gasteiger partial charge in [-0.25, -0.2) is 0 Å². The fourth-order valence-electron chi connectivity index (χ4n) is 3.12. The van der Waals surface area contributed by atoms with E-state index < -0.39 is 0 Å². The average Bonchev–Trinajstić information content (AvgIpc) is 3.13. The van der Waals surface area contributed by atoms with Gasteiger partial charge in [0.05, 0.1) is 0 Å². The van der Waals surface area contributed by atoms with E-state index in [9.17, 15) is 4.79 Å². The number of nitrogens with one attached hydrogen (secondary N) is 1. The van der Waals surface area contributed by atoms with Gasteiger partial charge >= 0.3 is 0 Å². The lowest BCUT2D eigenvalue weighted by atomic mass is 10.1. The zero-order valence-electron chi connectivity index (χ0n) is 13.4. The Bertz CT molecular complexity index is 695. The first-order valence-electron chi connectivity index (χ1n) is 7.82. The predicted octanol–water partition coefficient (Wildman–Crippen LogP) is 4.14. The molecule has 1 aromatic heterocycles. The molecule has 1 unspecified atom stereocenters. The Balaban J connectivity index is 0.00000192. The lowest BCUT2D eigenvalue weighted by molar-refractivity contribution is 0.0661. The molecule has 3 rings (SSSR count). The molecule has 1 saturated heterocycles. The number of benzene rings is 1. The molecular weight excluding hydrogens is 380 g/mol. The van der Waals surface area contributed by atoms with Gasteiger partial charge in [-0.2, -0.15) is 0 Å². The zero-order chi connectivity index (χ0) is 15.7. The van der Waals surface area contributed by atoms with Crippen LogP contribution in [0.5, 0.6) is 0 Å². The van der Waals surface area contributed by atoms with Crippen LogP contribution in [0.4, 0.5) is 0 Å². The summed E-state index contributed by atoms with van der Waals surface area (Å²) in [5.74, 6) is 0.494. The van der Waals surface area contributed by atoms with Crippen LogP contribution in [0.3, 0.4) is 0 Å². The Morgan fingerprint density at radius 2 is 2.26 bits per heavy atom. The van der Waals surface area contributed by atoms with Crippen molar-refractivity contribution in [3.63, 3.8) is 0 Å². The van der Waals surface area contributed by atoms with Gasteiger partial charge in [0.25, 0.3) is 5.91 Å². The van der Waals surface area contributed by atoms with E-state index >= 15 is 0 Å². The Morgan fingerprint density at radius 1 is 1.48 bits per heavy atom. The van der Waals surface area contributed by atoms with Crippen LogP contribution in [0.25, 0.3) is 11.0 Å². The van der Waals surface area contributed by atoms with E-state index in [1.807, 2.05) is 30.0 Å². The van der Waals surface area contributed by atoms with Gasteiger partial charge in [-0.15, -0.1) is 12.4 Å². The number of hydrogen-bond acceptors (Lipinski definition) is 3. The lowest BCUT2D eigenvalue weighted by Gasteiger charge is -2.27. The topological polar surface area (TPSA) is 45.5 Å². The summed E-state index contributed by atoms with van der Waals surface area (Å²) in [4.78, 5) is 15.0. The molecule has 23 heavy (non-hydrogen) atoms. The van der Waals surface area contributed by atoms with Crippen LogP contribution in [0.15, 0.2) is 27.1 Å². The quantitative estimate of drug-likeness (QED) is 0.837. The molecule has 2 heterocycles. The highest BCUT2D eigenvalue weighted by molar-refractivity contribution is 9.10. The number of amides is 1. The number of fused-ring (bicyclic) bond motifs is 1. The smallest absolute Gasteiger partial charge is 0.290 e. The molecule has 4 nitrogen and oxygen atoms in total. The second kappa shape index (κ2) is 7.69. The van der Waals surface area contributed by atoms with Crippen molar-refractivity contribution in [2.24, 2.45) is 0 Å². The molecule has 126 valence electrons. The Morgan fingerprint density at radius 3 is 2.91 bits per heavy atom. The minimum Gasteiger partial charge on any atom is -0.451 e. The van der Waals surface area contributed by atoms with Gasteiger partial charge in [0.15, 0.2) is 5.76 Å². The summed E-state index contributed by atoms with van der Waals surface area (Å²) in [6.45, 7) is 6.68. The normalized spacial score (nSPS) is 17.3. The molecule has 1 fully saturated rings. The maximum atomic E-state index is 13.0. The summed E-state index contributed by atoms with van der Waals surface area (Å²) in [5, 5.41) is 4.33. The summed E-state index contributed by atoms with van der Waals surface area (Å²) in [7, 11) is 0. The first kappa shape index (κ1) is 18.3. The van der Waals surface area contributed by atoms with Crippen LogP contribution >= 0.6 is 28.3 Å². The highest BCUT2D eigenvalue weighted by Crippen LogP contribution is 2.29. The number of nitrogens with zero attached hydrogens (tertiary/aromatic N) is 1. The van der Waals surface area contributed by atoms with Crippen molar-refractivity contribution in [2.45, 2.75) is 32.7 Å². The van der Waals surface area contributed by atoms with E-state index in [4.69, 9.17) is 4.42 Å². The summed E-state index contributed by atoms with van der Waals surface area (Å²) in [5.41, 5.74) is 1.69. The monoisotopic (exact) mass is 400 g/mol. The molecular formula is C17H22BrClN2O2. The highest BCUT2D eigenvalue weighted by atomic mass is 79.9. The van der Waals surface area contributed by atoms with Crippen LogP contribution in [0.2, 0.25) is 0 Å². The van der Waals surface area contributed by atoms with Crippen molar-refractivity contribution in [3.05, 3.63) is 34.0 Å². The van der Waals surface area contributed by atoms with Gasteiger partial charge < -0.3 is 14.6 Å². The van der Waals surface area contributed by atoms with Crippen molar-refractivity contribution in [2.75, 3.05) is 19.6 Å². The molecule has 1 aliphatic heterocycles. The lowest BCUT2D eigenvalue weighted by Crippen LogP contribution is -2.42. The first-order chi connectivity index (χ1) is 10.6. The van der Waals surface area contributed by atoms with E-state index in [0.717, 1.165) is 53.5 Å². The van der Waals surface area contributed by atoms with E-state index in [1.54, 1.807) is 0 Å². The van der Waals surface area contributed by atoms with E-state index in [1.165, 1.54) is 0 Å². The van der Waals surface area contributed by atoms with Crippen molar-refractivity contribution in [1.29, 1.82) is 0 Å². The third-order valence-corrected chi connectivity index (χ3v) is 4.79. The summed E-state index contributed by atoms with van der Waals surface area (Å²) in [6, 6.07) is 6.12. The number of rotatable bonds is 4. The molecule has 0 saturated carbocycles. The predicted molar refractivity (Wildman–Crippen MR) is 98.5 cm³/mol. The maximum absolute atomic E-state index is 13.0. The molecule has 6 heteroatoms.